The Balaban J connectivity index is 1.72. The summed E-state index contributed by atoms with van der Waals surface area (Å²) in [4.78, 5) is 25.1. The summed E-state index contributed by atoms with van der Waals surface area (Å²) in [7, 11) is 3.02. The van der Waals surface area contributed by atoms with E-state index in [1.807, 2.05) is 30.3 Å². The van der Waals surface area contributed by atoms with Crippen molar-refractivity contribution in [2.45, 2.75) is 17.7 Å². The standard InChI is InChI=1S/C19H22N2O4S/c1-24-16-11-10-14(13-17(16)25-2)19(23)21-20-18(22)9-6-12-26-15-7-4-3-5-8-15/h3-5,7-8,10-11,13H,6,9,12H2,1-2H3,(H,20,22)(H,21,23). The van der Waals surface area contributed by atoms with Crippen molar-refractivity contribution in [1.29, 1.82) is 0 Å². The Morgan fingerprint density at radius 2 is 1.69 bits per heavy atom. The molecule has 0 aromatic heterocycles. The summed E-state index contributed by atoms with van der Waals surface area (Å²) in [5.41, 5.74) is 5.19. The van der Waals surface area contributed by atoms with Crippen LogP contribution in [-0.4, -0.2) is 31.8 Å². The maximum absolute atomic E-state index is 12.1. The number of hydrogen-bond donors (Lipinski definition) is 2. The van der Waals surface area contributed by atoms with Crippen molar-refractivity contribution in [1.82, 2.24) is 10.9 Å². The van der Waals surface area contributed by atoms with Gasteiger partial charge in [0.05, 0.1) is 14.2 Å². The van der Waals surface area contributed by atoms with Gasteiger partial charge < -0.3 is 9.47 Å². The first-order valence-electron chi connectivity index (χ1n) is 8.13. The van der Waals surface area contributed by atoms with E-state index in [-0.39, 0.29) is 5.91 Å². The lowest BCUT2D eigenvalue weighted by molar-refractivity contribution is -0.121. The maximum Gasteiger partial charge on any atom is 0.269 e. The summed E-state index contributed by atoms with van der Waals surface area (Å²) in [5.74, 6) is 1.17. The van der Waals surface area contributed by atoms with E-state index in [9.17, 15) is 9.59 Å². The normalized spacial score (nSPS) is 10.1. The largest absolute Gasteiger partial charge is 0.493 e. The Bertz CT molecular complexity index is 738. The molecule has 0 aliphatic heterocycles. The van der Waals surface area contributed by atoms with E-state index in [1.54, 1.807) is 30.0 Å². The third-order valence-corrected chi connectivity index (χ3v) is 4.62. The van der Waals surface area contributed by atoms with E-state index < -0.39 is 5.91 Å². The summed E-state index contributed by atoms with van der Waals surface area (Å²) in [6, 6.07) is 14.8. The lowest BCUT2D eigenvalue weighted by atomic mass is 10.2. The average Bonchev–Trinajstić information content (AvgIpc) is 2.69. The van der Waals surface area contributed by atoms with Gasteiger partial charge in [-0.05, 0) is 42.5 Å². The van der Waals surface area contributed by atoms with Crippen LogP contribution in [0.5, 0.6) is 11.5 Å². The predicted octanol–water partition coefficient (Wildman–Crippen LogP) is 3.04. The van der Waals surface area contributed by atoms with E-state index in [0.29, 0.717) is 23.5 Å². The third kappa shape index (κ3) is 6.00. The van der Waals surface area contributed by atoms with Crippen molar-refractivity contribution in [2.24, 2.45) is 0 Å². The monoisotopic (exact) mass is 374 g/mol. The van der Waals surface area contributed by atoms with Crippen molar-refractivity contribution in [3.05, 3.63) is 54.1 Å². The average molecular weight is 374 g/mol. The fraction of sp³-hybridized carbons (Fsp3) is 0.263. The van der Waals surface area contributed by atoms with E-state index >= 15 is 0 Å². The highest BCUT2D eigenvalue weighted by molar-refractivity contribution is 7.99. The van der Waals surface area contributed by atoms with Gasteiger partial charge in [-0.3, -0.25) is 20.4 Å². The number of nitrogens with one attached hydrogen (secondary N) is 2. The minimum atomic E-state index is -0.419. The molecule has 2 N–H and O–H groups in total. The highest BCUT2D eigenvalue weighted by atomic mass is 32.2. The van der Waals surface area contributed by atoms with Crippen LogP contribution in [0.25, 0.3) is 0 Å². The lowest BCUT2D eigenvalue weighted by Gasteiger charge is -2.10. The lowest BCUT2D eigenvalue weighted by Crippen LogP contribution is -2.41. The number of ether oxygens (including phenoxy) is 2. The van der Waals surface area contributed by atoms with Crippen LogP contribution in [0.3, 0.4) is 0 Å². The summed E-state index contributed by atoms with van der Waals surface area (Å²) < 4.78 is 10.3. The Morgan fingerprint density at radius 1 is 0.962 bits per heavy atom. The van der Waals surface area contributed by atoms with Crippen molar-refractivity contribution >= 4 is 23.6 Å². The number of hydrazine groups is 1. The molecule has 2 amide bonds. The molecule has 0 saturated carbocycles. The maximum atomic E-state index is 12.1. The molecule has 0 aliphatic rings. The van der Waals surface area contributed by atoms with Crippen LogP contribution in [0, 0.1) is 0 Å². The molecule has 2 rings (SSSR count). The summed E-state index contributed by atoms with van der Waals surface area (Å²) >= 11 is 1.70. The Labute approximate surface area is 157 Å². The molecular weight excluding hydrogens is 352 g/mol. The van der Waals surface area contributed by atoms with Crippen LogP contribution in [0.1, 0.15) is 23.2 Å². The number of amides is 2. The predicted molar refractivity (Wildman–Crippen MR) is 102 cm³/mol. The molecule has 26 heavy (non-hydrogen) atoms. The molecule has 2 aromatic carbocycles. The second-order valence-electron chi connectivity index (χ2n) is 5.34. The van der Waals surface area contributed by atoms with Crippen LogP contribution in [0.15, 0.2) is 53.4 Å². The molecule has 7 heteroatoms. The zero-order valence-electron chi connectivity index (χ0n) is 14.8. The van der Waals surface area contributed by atoms with Gasteiger partial charge in [-0.25, -0.2) is 0 Å². The van der Waals surface area contributed by atoms with Crippen molar-refractivity contribution in [3.8, 4) is 11.5 Å². The van der Waals surface area contributed by atoms with E-state index in [1.165, 1.54) is 19.1 Å². The first-order chi connectivity index (χ1) is 12.6. The first-order valence-corrected chi connectivity index (χ1v) is 9.11. The van der Waals surface area contributed by atoms with Crippen molar-refractivity contribution < 1.29 is 19.1 Å². The van der Waals surface area contributed by atoms with Crippen LogP contribution in [0.2, 0.25) is 0 Å². The SMILES string of the molecule is COc1ccc(C(=O)NNC(=O)CCCSc2ccccc2)cc1OC. The van der Waals surface area contributed by atoms with Gasteiger partial charge in [0.1, 0.15) is 0 Å². The first kappa shape index (κ1) is 19.7. The van der Waals surface area contributed by atoms with Gasteiger partial charge in [-0.2, -0.15) is 0 Å². The smallest absolute Gasteiger partial charge is 0.269 e. The third-order valence-electron chi connectivity index (χ3n) is 3.52. The number of carbonyl (C=O) groups excluding carboxylic acids is 2. The van der Waals surface area contributed by atoms with E-state index in [0.717, 1.165) is 12.2 Å². The minimum absolute atomic E-state index is 0.229. The van der Waals surface area contributed by atoms with Gasteiger partial charge in [-0.15, -0.1) is 11.8 Å². The highest BCUT2D eigenvalue weighted by Crippen LogP contribution is 2.27. The molecule has 0 unspecified atom stereocenters. The molecule has 6 nitrogen and oxygen atoms in total. The molecule has 0 bridgehead atoms. The molecule has 0 fully saturated rings. The Morgan fingerprint density at radius 3 is 2.38 bits per heavy atom. The number of hydrogen-bond acceptors (Lipinski definition) is 5. The van der Waals surface area contributed by atoms with Gasteiger partial charge in [0.2, 0.25) is 5.91 Å². The summed E-state index contributed by atoms with van der Waals surface area (Å²) in [6.45, 7) is 0. The molecule has 138 valence electrons. The summed E-state index contributed by atoms with van der Waals surface area (Å²) in [5, 5.41) is 0. The van der Waals surface area contributed by atoms with Crippen LogP contribution in [0.4, 0.5) is 0 Å². The Kier molecular flexibility index (Phi) is 7.82. The fourth-order valence-corrected chi connectivity index (χ4v) is 3.05. The van der Waals surface area contributed by atoms with Crippen molar-refractivity contribution in [3.63, 3.8) is 0 Å². The van der Waals surface area contributed by atoms with Gasteiger partial charge in [0.15, 0.2) is 11.5 Å². The molecule has 0 atom stereocenters. The number of benzene rings is 2. The van der Waals surface area contributed by atoms with E-state index in [2.05, 4.69) is 10.9 Å². The molecule has 2 aromatic rings. The zero-order chi connectivity index (χ0) is 18.8. The Hall–Kier alpha value is -2.67. The molecule has 0 aliphatic carbocycles. The highest BCUT2D eigenvalue weighted by Gasteiger charge is 2.11. The summed E-state index contributed by atoms with van der Waals surface area (Å²) in [6.07, 6.45) is 1.06. The van der Waals surface area contributed by atoms with Crippen LogP contribution in [-0.2, 0) is 4.79 Å². The van der Waals surface area contributed by atoms with Gasteiger partial charge in [0, 0.05) is 16.9 Å². The molecule has 0 radical (unpaired) electrons. The molecular formula is C19H22N2O4S. The van der Waals surface area contributed by atoms with E-state index in [4.69, 9.17) is 9.47 Å². The fourth-order valence-electron chi connectivity index (χ4n) is 2.18. The molecule has 0 saturated heterocycles. The number of methoxy groups -OCH3 is 2. The second-order valence-corrected chi connectivity index (χ2v) is 6.51. The van der Waals surface area contributed by atoms with Crippen LogP contribution < -0.4 is 20.3 Å². The second kappa shape index (κ2) is 10.4. The van der Waals surface area contributed by atoms with Crippen molar-refractivity contribution in [2.75, 3.05) is 20.0 Å². The van der Waals surface area contributed by atoms with Crippen LogP contribution >= 0.6 is 11.8 Å². The number of thioether (sulfide) groups is 1. The zero-order valence-corrected chi connectivity index (χ0v) is 15.6. The van der Waals surface area contributed by atoms with Gasteiger partial charge in [0.25, 0.3) is 5.91 Å². The quantitative estimate of drug-likeness (QED) is 0.422. The number of rotatable bonds is 8. The van der Waals surface area contributed by atoms with Gasteiger partial charge in [-0.1, -0.05) is 18.2 Å². The molecule has 0 heterocycles. The molecule has 0 spiro atoms. The minimum Gasteiger partial charge on any atom is -0.493 e. The van der Waals surface area contributed by atoms with Gasteiger partial charge >= 0.3 is 0 Å². The topological polar surface area (TPSA) is 76.7 Å². The number of carbonyl (C=O) groups is 2.